The summed E-state index contributed by atoms with van der Waals surface area (Å²) in [6.07, 6.45) is 5.58. The fourth-order valence-corrected chi connectivity index (χ4v) is 3.37. The van der Waals surface area contributed by atoms with Gasteiger partial charge in [-0.1, -0.05) is 18.2 Å². The van der Waals surface area contributed by atoms with Gasteiger partial charge in [-0.25, -0.2) is 4.39 Å². The molecule has 0 bridgehead atoms. The van der Waals surface area contributed by atoms with E-state index < -0.39 is 6.10 Å². The molecule has 1 fully saturated rings. The fraction of sp³-hybridized carbons (Fsp3) is 0.526. The Hall–Kier alpha value is -1.76. The summed E-state index contributed by atoms with van der Waals surface area (Å²) in [4.78, 5) is 2.30. The molecule has 1 saturated heterocycles. The number of aromatic nitrogens is 2. The van der Waals surface area contributed by atoms with Crippen LogP contribution in [0.5, 0.6) is 0 Å². The lowest BCUT2D eigenvalue weighted by Crippen LogP contribution is -2.40. The minimum Gasteiger partial charge on any atom is -0.389 e. The summed E-state index contributed by atoms with van der Waals surface area (Å²) in [5, 5.41) is 14.6. The molecule has 136 valence electrons. The molecule has 1 aliphatic rings. The van der Waals surface area contributed by atoms with Crippen molar-refractivity contribution in [1.82, 2.24) is 14.7 Å². The Morgan fingerprint density at radius 3 is 3.00 bits per heavy atom. The Balaban J connectivity index is 1.43. The van der Waals surface area contributed by atoms with E-state index in [2.05, 4.69) is 10.00 Å². The molecule has 1 aromatic carbocycles. The summed E-state index contributed by atoms with van der Waals surface area (Å²) in [5.74, 6) is -0.272. The second kappa shape index (κ2) is 8.56. The molecule has 0 amide bonds. The van der Waals surface area contributed by atoms with Crippen LogP contribution in [0, 0.1) is 12.7 Å². The predicted molar refractivity (Wildman–Crippen MR) is 93.6 cm³/mol. The van der Waals surface area contributed by atoms with Crippen molar-refractivity contribution in [2.24, 2.45) is 0 Å². The van der Waals surface area contributed by atoms with Gasteiger partial charge in [0, 0.05) is 24.3 Å². The first-order valence-electron chi connectivity index (χ1n) is 8.84. The maximum atomic E-state index is 13.5. The molecule has 5 nitrogen and oxygen atoms in total. The van der Waals surface area contributed by atoms with Gasteiger partial charge in [-0.05, 0) is 37.9 Å². The van der Waals surface area contributed by atoms with Crippen molar-refractivity contribution in [2.45, 2.75) is 45.1 Å². The third kappa shape index (κ3) is 5.11. The lowest BCUT2D eigenvalue weighted by Gasteiger charge is -2.26. The average Bonchev–Trinajstić information content (AvgIpc) is 3.19. The second-order valence-corrected chi connectivity index (χ2v) is 6.79. The third-order valence-corrected chi connectivity index (χ3v) is 4.63. The van der Waals surface area contributed by atoms with Gasteiger partial charge in [0.15, 0.2) is 0 Å². The van der Waals surface area contributed by atoms with E-state index in [-0.39, 0.29) is 19.0 Å². The van der Waals surface area contributed by atoms with E-state index in [1.165, 1.54) is 6.07 Å². The van der Waals surface area contributed by atoms with E-state index in [0.717, 1.165) is 31.5 Å². The highest BCUT2D eigenvalue weighted by atomic mass is 19.1. The van der Waals surface area contributed by atoms with Crippen LogP contribution in [0.4, 0.5) is 4.39 Å². The van der Waals surface area contributed by atoms with E-state index in [1.807, 2.05) is 24.0 Å². The number of benzene rings is 1. The second-order valence-electron chi connectivity index (χ2n) is 6.79. The zero-order chi connectivity index (χ0) is 17.6. The highest BCUT2D eigenvalue weighted by Gasteiger charge is 2.26. The Labute approximate surface area is 148 Å². The number of aryl methyl sites for hydroxylation is 1. The molecular weight excluding hydrogens is 321 g/mol. The van der Waals surface area contributed by atoms with Crippen LogP contribution < -0.4 is 0 Å². The van der Waals surface area contributed by atoms with Crippen LogP contribution in [0.3, 0.4) is 0 Å². The summed E-state index contributed by atoms with van der Waals surface area (Å²) >= 11 is 0. The molecule has 1 N–H and O–H groups in total. The first-order chi connectivity index (χ1) is 12.1. The van der Waals surface area contributed by atoms with Gasteiger partial charge in [0.05, 0.1) is 32.1 Å². The molecule has 6 heteroatoms. The Kier molecular flexibility index (Phi) is 6.18. The predicted octanol–water partition coefficient (Wildman–Crippen LogP) is 2.37. The minimum atomic E-state index is -0.577. The molecule has 25 heavy (non-hydrogen) atoms. The first-order valence-corrected chi connectivity index (χ1v) is 8.84. The Bertz CT molecular complexity index is 676. The van der Waals surface area contributed by atoms with Gasteiger partial charge in [0.25, 0.3) is 0 Å². The van der Waals surface area contributed by atoms with E-state index in [9.17, 15) is 9.50 Å². The summed E-state index contributed by atoms with van der Waals surface area (Å²) in [7, 11) is 0. The molecule has 1 aromatic heterocycles. The number of ether oxygens (including phenoxy) is 1. The summed E-state index contributed by atoms with van der Waals surface area (Å²) < 4.78 is 21.0. The van der Waals surface area contributed by atoms with Crippen LogP contribution in [0.25, 0.3) is 0 Å². The van der Waals surface area contributed by atoms with E-state index >= 15 is 0 Å². The molecule has 2 heterocycles. The van der Waals surface area contributed by atoms with Crippen molar-refractivity contribution in [2.75, 3.05) is 19.7 Å². The van der Waals surface area contributed by atoms with Crippen LogP contribution in [-0.2, 0) is 17.9 Å². The first kappa shape index (κ1) is 18.0. The van der Waals surface area contributed by atoms with Gasteiger partial charge in [0.1, 0.15) is 5.82 Å². The molecule has 0 aliphatic carbocycles. The van der Waals surface area contributed by atoms with E-state index in [1.54, 1.807) is 18.2 Å². The molecule has 3 rings (SSSR count). The Morgan fingerprint density at radius 1 is 1.40 bits per heavy atom. The van der Waals surface area contributed by atoms with Crippen molar-refractivity contribution in [1.29, 1.82) is 0 Å². The zero-order valence-electron chi connectivity index (χ0n) is 14.6. The van der Waals surface area contributed by atoms with Crippen LogP contribution in [-0.4, -0.2) is 51.6 Å². The number of hydrogen-bond donors (Lipinski definition) is 1. The normalized spacial score (nSPS) is 19.4. The molecular formula is C19H26FN3O2. The molecule has 0 spiro atoms. The van der Waals surface area contributed by atoms with Crippen LogP contribution >= 0.6 is 0 Å². The molecule has 0 saturated carbocycles. The molecule has 2 atom stereocenters. The number of nitrogens with zero attached hydrogens (tertiary/aromatic N) is 3. The number of halogens is 1. The monoisotopic (exact) mass is 347 g/mol. The summed E-state index contributed by atoms with van der Waals surface area (Å²) in [6, 6.07) is 6.94. The zero-order valence-corrected chi connectivity index (χ0v) is 14.6. The average molecular weight is 347 g/mol. The fourth-order valence-electron chi connectivity index (χ4n) is 3.37. The number of hydrogen-bond acceptors (Lipinski definition) is 4. The van der Waals surface area contributed by atoms with Crippen molar-refractivity contribution >= 4 is 0 Å². The van der Waals surface area contributed by atoms with Crippen molar-refractivity contribution < 1.29 is 14.2 Å². The number of rotatable bonds is 8. The van der Waals surface area contributed by atoms with Gasteiger partial charge in [0.2, 0.25) is 0 Å². The standard InChI is InChI=1S/C19H26FN3O2/c1-15-9-21-23(10-15)11-17-6-4-8-22(17)12-18(24)14-25-13-16-5-2-3-7-19(16)20/h2-3,5,7,9-10,17-18,24H,4,6,8,11-14H2,1H3/t17-,18+/m0/s1. The molecule has 0 radical (unpaired) electrons. The van der Waals surface area contributed by atoms with Gasteiger partial charge >= 0.3 is 0 Å². The van der Waals surface area contributed by atoms with Crippen LogP contribution in [0.2, 0.25) is 0 Å². The van der Waals surface area contributed by atoms with Crippen molar-refractivity contribution in [3.63, 3.8) is 0 Å². The topological polar surface area (TPSA) is 50.5 Å². The maximum absolute atomic E-state index is 13.5. The lowest BCUT2D eigenvalue weighted by molar-refractivity contribution is 0.00595. The maximum Gasteiger partial charge on any atom is 0.128 e. The minimum absolute atomic E-state index is 0.180. The van der Waals surface area contributed by atoms with Crippen LogP contribution in [0.1, 0.15) is 24.0 Å². The van der Waals surface area contributed by atoms with Gasteiger partial charge in [-0.3, -0.25) is 9.58 Å². The highest BCUT2D eigenvalue weighted by Crippen LogP contribution is 2.19. The lowest BCUT2D eigenvalue weighted by atomic mass is 10.2. The van der Waals surface area contributed by atoms with Crippen molar-refractivity contribution in [3.8, 4) is 0 Å². The summed E-state index contributed by atoms with van der Waals surface area (Å²) in [5.41, 5.74) is 1.67. The third-order valence-electron chi connectivity index (χ3n) is 4.63. The highest BCUT2D eigenvalue weighted by molar-refractivity contribution is 5.16. The SMILES string of the molecule is Cc1cnn(C[C@@H]2CCCN2C[C@@H](O)COCc2ccccc2F)c1. The Morgan fingerprint density at radius 2 is 2.24 bits per heavy atom. The van der Waals surface area contributed by atoms with Gasteiger partial charge < -0.3 is 9.84 Å². The molecule has 2 aromatic rings. The molecule has 0 unspecified atom stereocenters. The van der Waals surface area contributed by atoms with E-state index in [4.69, 9.17) is 4.74 Å². The van der Waals surface area contributed by atoms with Crippen molar-refractivity contribution in [3.05, 3.63) is 53.6 Å². The van der Waals surface area contributed by atoms with Gasteiger partial charge in [-0.2, -0.15) is 5.10 Å². The van der Waals surface area contributed by atoms with Crippen LogP contribution in [0.15, 0.2) is 36.7 Å². The molecule has 1 aliphatic heterocycles. The smallest absolute Gasteiger partial charge is 0.128 e. The number of likely N-dealkylation sites (tertiary alicyclic amines) is 1. The van der Waals surface area contributed by atoms with E-state index in [0.29, 0.717) is 18.2 Å². The number of aliphatic hydroxyl groups excluding tert-OH is 1. The largest absolute Gasteiger partial charge is 0.389 e. The van der Waals surface area contributed by atoms with Gasteiger partial charge in [-0.15, -0.1) is 0 Å². The number of β-amino-alcohol motifs (C(OH)–C–C–N with tert-alkyl or cyclic N) is 1. The number of aliphatic hydroxyl groups is 1. The summed E-state index contributed by atoms with van der Waals surface area (Å²) in [6.45, 7) is 4.82. The quantitative estimate of drug-likeness (QED) is 0.797.